The number of fused-ring (bicyclic) bond motifs is 2. The molecule has 1 N–H and O–H groups in total. The van der Waals surface area contributed by atoms with E-state index in [1.165, 1.54) is 5.56 Å². The Morgan fingerprint density at radius 2 is 1.77 bits per heavy atom. The van der Waals surface area contributed by atoms with Gasteiger partial charge in [0.25, 0.3) is 5.91 Å². The molecule has 4 rings (SSSR count). The third-order valence-corrected chi connectivity index (χ3v) is 5.91. The molecule has 1 aliphatic rings. The molecule has 0 unspecified atom stereocenters. The number of nitrogens with zero attached hydrogens (tertiary/aromatic N) is 1. The van der Waals surface area contributed by atoms with E-state index in [0.29, 0.717) is 11.3 Å². The van der Waals surface area contributed by atoms with Crippen molar-refractivity contribution in [2.75, 3.05) is 5.32 Å². The second kappa shape index (κ2) is 9.29. The van der Waals surface area contributed by atoms with Crippen LogP contribution in [0.4, 0.5) is 5.69 Å². The molecule has 1 atom stereocenters. The van der Waals surface area contributed by atoms with Crippen LogP contribution < -0.4 is 5.32 Å². The van der Waals surface area contributed by atoms with Gasteiger partial charge in [-0.2, -0.15) is 0 Å². The van der Waals surface area contributed by atoms with Gasteiger partial charge in [0.1, 0.15) is 0 Å². The number of esters is 1. The molecule has 0 aliphatic heterocycles. The van der Waals surface area contributed by atoms with Gasteiger partial charge in [-0.15, -0.1) is 0 Å². The maximum absolute atomic E-state index is 13.3. The number of amides is 1. The zero-order chi connectivity index (χ0) is 21.8. The normalized spacial score (nSPS) is 14.4. The molecule has 2 aromatic carbocycles. The van der Waals surface area contributed by atoms with Crippen LogP contribution in [0.3, 0.4) is 0 Å². The number of carbonyl (C=O) groups excluding carboxylic acids is 2. The van der Waals surface area contributed by atoms with Gasteiger partial charge in [0.05, 0.1) is 11.1 Å². The van der Waals surface area contributed by atoms with Gasteiger partial charge >= 0.3 is 5.97 Å². The summed E-state index contributed by atoms with van der Waals surface area (Å²) in [5, 5.41) is 3.62. The minimum absolute atomic E-state index is 0.345. The first-order chi connectivity index (χ1) is 15.1. The number of nitrogens with one attached hydrogen (secondary N) is 1. The molecule has 5 nitrogen and oxygen atoms in total. The molecular weight excluding hydrogens is 388 g/mol. The largest absolute Gasteiger partial charge is 0.449 e. The number of ether oxygens (including phenoxy) is 1. The lowest BCUT2D eigenvalue weighted by Crippen LogP contribution is -2.30. The summed E-state index contributed by atoms with van der Waals surface area (Å²) in [6.45, 7) is 3.69. The van der Waals surface area contributed by atoms with E-state index in [-0.39, 0.29) is 5.91 Å². The van der Waals surface area contributed by atoms with Crippen LogP contribution in [0.5, 0.6) is 0 Å². The first-order valence-corrected chi connectivity index (χ1v) is 11.1. The maximum Gasteiger partial charge on any atom is 0.339 e. The van der Waals surface area contributed by atoms with Crippen LogP contribution in [0.1, 0.15) is 60.3 Å². The van der Waals surface area contributed by atoms with Gasteiger partial charge in [0, 0.05) is 16.8 Å². The molecule has 1 aromatic heterocycles. The Bertz CT molecular complexity index is 1110. The standard InChI is InChI=1S/C26H28N2O3/c1-3-18-13-15-19(16-14-18)27-25(29)17(2)31-26(30)24-20-9-5-4-6-11-22(20)28-23-12-8-7-10-21(23)24/h7-8,10,12-17H,3-6,9,11H2,1-2H3,(H,27,29)/t17-/m0/s1. The fourth-order valence-corrected chi connectivity index (χ4v) is 4.12. The van der Waals surface area contributed by atoms with Gasteiger partial charge in [0.15, 0.2) is 6.10 Å². The number of benzene rings is 2. The minimum atomic E-state index is -0.910. The second-order valence-corrected chi connectivity index (χ2v) is 8.08. The molecule has 0 bridgehead atoms. The Morgan fingerprint density at radius 1 is 1.03 bits per heavy atom. The van der Waals surface area contributed by atoms with E-state index in [1.807, 2.05) is 48.5 Å². The summed E-state index contributed by atoms with van der Waals surface area (Å²) in [6.07, 6.45) is 4.92. The molecule has 31 heavy (non-hydrogen) atoms. The molecule has 0 fully saturated rings. The number of hydrogen-bond acceptors (Lipinski definition) is 4. The van der Waals surface area contributed by atoms with Crippen molar-refractivity contribution >= 4 is 28.5 Å². The lowest BCUT2D eigenvalue weighted by molar-refractivity contribution is -0.123. The zero-order valence-electron chi connectivity index (χ0n) is 18.1. The predicted octanol–water partition coefficient (Wildman–Crippen LogP) is 5.25. The van der Waals surface area contributed by atoms with E-state index in [2.05, 4.69) is 12.2 Å². The lowest BCUT2D eigenvalue weighted by atomic mass is 9.97. The quantitative estimate of drug-likeness (QED) is 0.456. The molecule has 1 amide bonds. The third kappa shape index (κ3) is 4.61. The van der Waals surface area contributed by atoms with Gasteiger partial charge in [-0.1, -0.05) is 43.7 Å². The molecular formula is C26H28N2O3. The van der Waals surface area contributed by atoms with Crippen molar-refractivity contribution < 1.29 is 14.3 Å². The summed E-state index contributed by atoms with van der Waals surface area (Å²) in [4.78, 5) is 30.7. The van der Waals surface area contributed by atoms with Crippen molar-refractivity contribution in [2.45, 2.75) is 58.5 Å². The van der Waals surface area contributed by atoms with E-state index in [1.54, 1.807) is 6.92 Å². The first-order valence-electron chi connectivity index (χ1n) is 11.1. The van der Waals surface area contributed by atoms with Gasteiger partial charge in [0.2, 0.25) is 0 Å². The number of carbonyl (C=O) groups is 2. The molecule has 0 saturated carbocycles. The molecule has 1 aliphatic carbocycles. The molecule has 1 heterocycles. The van der Waals surface area contributed by atoms with E-state index in [4.69, 9.17) is 9.72 Å². The number of pyridine rings is 1. The molecule has 0 radical (unpaired) electrons. The highest BCUT2D eigenvalue weighted by atomic mass is 16.5. The van der Waals surface area contributed by atoms with Crippen molar-refractivity contribution in [2.24, 2.45) is 0 Å². The fraction of sp³-hybridized carbons (Fsp3) is 0.346. The van der Waals surface area contributed by atoms with E-state index in [0.717, 1.165) is 60.7 Å². The average molecular weight is 417 g/mol. The van der Waals surface area contributed by atoms with E-state index in [9.17, 15) is 9.59 Å². The van der Waals surface area contributed by atoms with Gasteiger partial charge in [-0.05, 0) is 68.4 Å². The molecule has 0 saturated heterocycles. The molecule has 3 aromatic rings. The Balaban J connectivity index is 1.57. The van der Waals surface area contributed by atoms with Crippen molar-refractivity contribution in [3.63, 3.8) is 0 Å². The molecule has 160 valence electrons. The van der Waals surface area contributed by atoms with Crippen LogP contribution in [0.15, 0.2) is 48.5 Å². The predicted molar refractivity (Wildman–Crippen MR) is 122 cm³/mol. The topological polar surface area (TPSA) is 68.3 Å². The van der Waals surface area contributed by atoms with Gasteiger partial charge in [-0.25, -0.2) is 4.79 Å². The summed E-state index contributed by atoms with van der Waals surface area (Å²) in [5.41, 5.74) is 5.20. The number of aromatic nitrogens is 1. The average Bonchev–Trinajstić information content (AvgIpc) is 3.02. The van der Waals surface area contributed by atoms with E-state index >= 15 is 0 Å². The van der Waals surface area contributed by atoms with Crippen molar-refractivity contribution in [1.82, 2.24) is 4.98 Å². The highest BCUT2D eigenvalue weighted by molar-refractivity contribution is 6.06. The van der Waals surface area contributed by atoms with Gasteiger partial charge < -0.3 is 10.1 Å². The Labute approximate surface area is 182 Å². The third-order valence-electron chi connectivity index (χ3n) is 5.91. The highest BCUT2D eigenvalue weighted by Crippen LogP contribution is 2.29. The minimum Gasteiger partial charge on any atom is -0.449 e. The number of rotatable bonds is 5. The van der Waals surface area contributed by atoms with Crippen molar-refractivity contribution in [3.8, 4) is 0 Å². The van der Waals surface area contributed by atoms with Crippen LogP contribution in [0, 0.1) is 0 Å². The van der Waals surface area contributed by atoms with Crippen LogP contribution in [0.25, 0.3) is 10.9 Å². The lowest BCUT2D eigenvalue weighted by Gasteiger charge is -2.18. The zero-order valence-corrected chi connectivity index (χ0v) is 18.1. The van der Waals surface area contributed by atoms with Crippen LogP contribution >= 0.6 is 0 Å². The molecule has 5 heteroatoms. The number of aryl methyl sites for hydroxylation is 2. The van der Waals surface area contributed by atoms with Crippen LogP contribution in [-0.2, 0) is 28.8 Å². The monoisotopic (exact) mass is 416 g/mol. The smallest absolute Gasteiger partial charge is 0.339 e. The Kier molecular flexibility index (Phi) is 6.31. The fourth-order valence-electron chi connectivity index (χ4n) is 4.12. The first kappa shape index (κ1) is 21.0. The highest BCUT2D eigenvalue weighted by Gasteiger charge is 2.26. The molecule has 0 spiro atoms. The Morgan fingerprint density at radius 3 is 2.55 bits per heavy atom. The van der Waals surface area contributed by atoms with Gasteiger partial charge in [-0.3, -0.25) is 9.78 Å². The Hall–Kier alpha value is -3.21. The van der Waals surface area contributed by atoms with Crippen LogP contribution in [-0.4, -0.2) is 23.0 Å². The van der Waals surface area contributed by atoms with Crippen molar-refractivity contribution in [1.29, 1.82) is 0 Å². The second-order valence-electron chi connectivity index (χ2n) is 8.08. The summed E-state index contributed by atoms with van der Waals surface area (Å²) < 4.78 is 5.65. The summed E-state index contributed by atoms with van der Waals surface area (Å²) in [6, 6.07) is 15.3. The summed E-state index contributed by atoms with van der Waals surface area (Å²) in [7, 11) is 0. The number of hydrogen-bond donors (Lipinski definition) is 1. The maximum atomic E-state index is 13.3. The SMILES string of the molecule is CCc1ccc(NC(=O)[C@H](C)OC(=O)c2c3c(nc4ccccc24)CCCCC3)cc1. The van der Waals surface area contributed by atoms with Crippen molar-refractivity contribution in [3.05, 3.63) is 70.9 Å². The van der Waals surface area contributed by atoms with E-state index < -0.39 is 12.1 Å². The number of anilines is 1. The summed E-state index contributed by atoms with van der Waals surface area (Å²) >= 11 is 0. The van der Waals surface area contributed by atoms with Crippen LogP contribution in [0.2, 0.25) is 0 Å². The number of para-hydroxylation sites is 1. The summed E-state index contributed by atoms with van der Waals surface area (Å²) in [5.74, 6) is -0.803.